The molecule has 0 aliphatic heterocycles. The fraction of sp³-hybridized carbons (Fsp3) is 0.353. The van der Waals surface area contributed by atoms with E-state index in [-0.39, 0.29) is 0 Å². The normalized spacial score (nSPS) is 14.7. The van der Waals surface area contributed by atoms with Crippen LogP contribution in [0.1, 0.15) is 15.2 Å². The number of rotatable bonds is 2. The SMILES string of the molecule is [2H]C([2H])([2H])c1ccc(-c2[c]([Ge]([CH3])([CH3])[CH3])ccc[n+]2C)c(C)c1. The van der Waals surface area contributed by atoms with E-state index in [1.54, 1.807) is 12.1 Å². The molecule has 1 aromatic carbocycles. The molecule has 0 aliphatic rings. The van der Waals surface area contributed by atoms with Crippen LogP contribution in [-0.2, 0) is 7.05 Å². The summed E-state index contributed by atoms with van der Waals surface area (Å²) in [5.74, 6) is 7.14. The van der Waals surface area contributed by atoms with Crippen molar-refractivity contribution in [3.63, 3.8) is 0 Å². The number of aromatic nitrogens is 1. The van der Waals surface area contributed by atoms with E-state index in [1.807, 2.05) is 13.0 Å². The molecule has 0 aliphatic carbocycles. The Kier molecular flexibility index (Phi) is 2.88. The van der Waals surface area contributed by atoms with Crippen molar-refractivity contribution in [1.29, 1.82) is 0 Å². The molecule has 0 unspecified atom stereocenters. The van der Waals surface area contributed by atoms with Gasteiger partial charge in [-0.1, -0.05) is 0 Å². The predicted molar refractivity (Wildman–Crippen MR) is 85.5 cm³/mol. The number of hydrogen-bond acceptors (Lipinski definition) is 0. The van der Waals surface area contributed by atoms with Crippen molar-refractivity contribution >= 4 is 17.7 Å². The summed E-state index contributed by atoms with van der Waals surface area (Å²) in [7, 11) is 2.06. The maximum atomic E-state index is 7.57. The molecule has 1 heterocycles. The number of pyridine rings is 1. The van der Waals surface area contributed by atoms with Crippen molar-refractivity contribution in [2.24, 2.45) is 7.05 Å². The summed E-state index contributed by atoms with van der Waals surface area (Å²) in [4.78, 5) is 0. The second-order valence-electron chi connectivity index (χ2n) is 6.16. The molecule has 2 rings (SSSR count). The van der Waals surface area contributed by atoms with Crippen molar-refractivity contribution in [1.82, 2.24) is 0 Å². The molecular weight excluding hydrogens is 291 g/mol. The summed E-state index contributed by atoms with van der Waals surface area (Å²) < 4.78 is 26.3. The van der Waals surface area contributed by atoms with Gasteiger partial charge in [-0.25, -0.2) is 0 Å². The summed E-state index contributed by atoms with van der Waals surface area (Å²) in [6.45, 7) is -0.0517. The topological polar surface area (TPSA) is 3.88 Å². The first-order valence-corrected chi connectivity index (χ1v) is 14.0. The van der Waals surface area contributed by atoms with Crippen LogP contribution in [0.5, 0.6) is 0 Å². The molecule has 19 heavy (non-hydrogen) atoms. The monoisotopic (exact) mass is 319 g/mol. The Hall–Kier alpha value is -1.09. The van der Waals surface area contributed by atoms with E-state index in [0.717, 1.165) is 11.1 Å². The van der Waals surface area contributed by atoms with E-state index in [0.29, 0.717) is 5.56 Å². The minimum atomic E-state index is -2.05. The molecule has 100 valence electrons. The van der Waals surface area contributed by atoms with Crippen LogP contribution in [0.15, 0.2) is 36.5 Å². The van der Waals surface area contributed by atoms with Crippen LogP contribution < -0.4 is 8.96 Å². The van der Waals surface area contributed by atoms with Crippen LogP contribution in [0.25, 0.3) is 11.3 Å². The molecule has 0 bridgehead atoms. The molecule has 0 atom stereocenters. The van der Waals surface area contributed by atoms with E-state index in [1.165, 1.54) is 10.1 Å². The zero-order chi connectivity index (χ0) is 16.7. The Bertz CT molecular complexity index is 700. The molecule has 0 amide bonds. The number of benzene rings is 1. The van der Waals surface area contributed by atoms with Gasteiger partial charge in [0.1, 0.15) is 0 Å². The summed E-state index contributed by atoms with van der Waals surface area (Å²) in [6, 6.07) is 9.83. The number of nitrogens with zero attached hydrogens (tertiary/aromatic N) is 1. The van der Waals surface area contributed by atoms with Gasteiger partial charge < -0.3 is 0 Å². The first-order chi connectivity index (χ1) is 10.0. The molecular formula is C17H24GeN+. The average Bonchev–Trinajstić information content (AvgIpc) is 2.36. The van der Waals surface area contributed by atoms with Gasteiger partial charge in [0, 0.05) is 0 Å². The third-order valence-electron chi connectivity index (χ3n) is 3.47. The summed E-state index contributed by atoms with van der Waals surface area (Å²) >= 11 is -2.03. The Morgan fingerprint density at radius 3 is 2.47 bits per heavy atom. The van der Waals surface area contributed by atoms with E-state index in [9.17, 15) is 0 Å². The van der Waals surface area contributed by atoms with Crippen LogP contribution in [0, 0.1) is 13.8 Å². The van der Waals surface area contributed by atoms with Gasteiger partial charge in [-0.05, 0) is 0 Å². The van der Waals surface area contributed by atoms with Crippen LogP contribution in [-0.4, -0.2) is 13.3 Å². The minimum absolute atomic E-state index is 0.408. The predicted octanol–water partition coefficient (Wildman–Crippen LogP) is 3.34. The van der Waals surface area contributed by atoms with E-state index < -0.39 is 20.1 Å². The van der Waals surface area contributed by atoms with Crippen molar-refractivity contribution in [2.45, 2.75) is 31.0 Å². The van der Waals surface area contributed by atoms with Crippen LogP contribution in [0.3, 0.4) is 0 Å². The van der Waals surface area contributed by atoms with Gasteiger partial charge in [0.2, 0.25) is 0 Å². The quantitative estimate of drug-likeness (QED) is 0.591. The Balaban J connectivity index is 2.68. The zero-order valence-electron chi connectivity index (χ0n) is 15.4. The summed E-state index contributed by atoms with van der Waals surface area (Å²) in [5, 5.41) is 0. The van der Waals surface area contributed by atoms with E-state index >= 15 is 0 Å². The number of aryl methyl sites for hydroxylation is 3. The average molecular weight is 318 g/mol. The second-order valence-corrected chi connectivity index (χ2v) is 16.7. The molecule has 1 aromatic heterocycles. The molecule has 0 radical (unpaired) electrons. The Morgan fingerprint density at radius 2 is 1.89 bits per heavy atom. The van der Waals surface area contributed by atoms with Gasteiger partial charge in [-0.2, -0.15) is 0 Å². The fourth-order valence-corrected chi connectivity index (χ4v) is 5.88. The molecule has 0 spiro atoms. The zero-order valence-corrected chi connectivity index (χ0v) is 14.5. The molecule has 0 fully saturated rings. The maximum absolute atomic E-state index is 7.57. The molecule has 2 heteroatoms. The van der Waals surface area contributed by atoms with Crippen molar-refractivity contribution in [3.8, 4) is 11.3 Å². The third-order valence-corrected chi connectivity index (χ3v) is 7.71. The fourth-order valence-electron chi connectivity index (χ4n) is 2.48. The molecule has 0 N–H and O–H groups in total. The Labute approximate surface area is 123 Å². The van der Waals surface area contributed by atoms with Gasteiger partial charge in [0.05, 0.1) is 0 Å². The first kappa shape index (κ1) is 10.7. The molecule has 1 nitrogen and oxygen atoms in total. The molecule has 2 aromatic rings. The first-order valence-electron chi connectivity index (χ1n) is 8.12. The van der Waals surface area contributed by atoms with Gasteiger partial charge in [-0.3, -0.25) is 0 Å². The number of hydrogen-bond donors (Lipinski definition) is 0. The van der Waals surface area contributed by atoms with Crippen molar-refractivity contribution in [2.75, 3.05) is 0 Å². The summed E-state index contributed by atoms with van der Waals surface area (Å²) in [6.07, 6.45) is 2.06. The van der Waals surface area contributed by atoms with Gasteiger partial charge >= 0.3 is 123 Å². The van der Waals surface area contributed by atoms with E-state index in [2.05, 4.69) is 47.2 Å². The van der Waals surface area contributed by atoms with Crippen molar-refractivity contribution < 1.29 is 8.68 Å². The van der Waals surface area contributed by atoms with Crippen molar-refractivity contribution in [3.05, 3.63) is 47.7 Å². The van der Waals surface area contributed by atoms with Gasteiger partial charge in [-0.15, -0.1) is 0 Å². The van der Waals surface area contributed by atoms with E-state index in [4.69, 9.17) is 4.11 Å². The van der Waals surface area contributed by atoms with Crippen LogP contribution in [0.4, 0.5) is 0 Å². The van der Waals surface area contributed by atoms with Crippen LogP contribution in [0.2, 0.25) is 17.3 Å². The van der Waals surface area contributed by atoms with Gasteiger partial charge in [0.25, 0.3) is 0 Å². The second kappa shape index (κ2) is 5.12. The molecule has 0 saturated heterocycles. The van der Waals surface area contributed by atoms with Crippen LogP contribution >= 0.6 is 0 Å². The molecule has 0 saturated carbocycles. The third kappa shape index (κ3) is 2.92. The Morgan fingerprint density at radius 1 is 1.16 bits per heavy atom. The van der Waals surface area contributed by atoms with Gasteiger partial charge in [0.15, 0.2) is 0 Å². The summed E-state index contributed by atoms with van der Waals surface area (Å²) in [5.41, 5.74) is 3.78. The standard InChI is InChI=1S/C17H24GeN/c1-13-9-10-15(14(2)12-13)17-16(18(3,4)5)8-7-11-19(17)6/h7-12H,1-6H3/q+1/i1D3.